The molecule has 2 N–H and O–H groups in total. The topological polar surface area (TPSA) is 66.4 Å². The van der Waals surface area contributed by atoms with Crippen molar-refractivity contribution in [1.82, 2.24) is 5.32 Å². The first kappa shape index (κ1) is 11.9. The van der Waals surface area contributed by atoms with Crippen LogP contribution >= 0.6 is 0 Å². The molecule has 0 radical (unpaired) electrons. The van der Waals surface area contributed by atoms with Crippen LogP contribution in [0.1, 0.15) is 25.7 Å². The Morgan fingerprint density at radius 3 is 2.36 bits per heavy atom. The van der Waals surface area contributed by atoms with Crippen LogP contribution < -0.4 is 5.32 Å². The number of aliphatic hydroxyl groups excluding tert-OH is 1. The lowest BCUT2D eigenvalue weighted by molar-refractivity contribution is 0.117. The molecule has 0 spiro atoms. The van der Waals surface area contributed by atoms with Crippen molar-refractivity contribution in [3.8, 4) is 0 Å². The molecule has 0 atom stereocenters. The van der Waals surface area contributed by atoms with Gasteiger partial charge in [-0.2, -0.15) is 0 Å². The molecule has 0 unspecified atom stereocenters. The van der Waals surface area contributed by atoms with E-state index in [1.165, 1.54) is 6.26 Å². The van der Waals surface area contributed by atoms with Crippen LogP contribution in [-0.4, -0.2) is 44.2 Å². The zero-order valence-electron chi connectivity index (χ0n) is 8.57. The highest BCUT2D eigenvalue weighted by Crippen LogP contribution is 2.17. The van der Waals surface area contributed by atoms with Crippen molar-refractivity contribution in [2.45, 2.75) is 37.8 Å². The molecule has 1 aliphatic rings. The van der Waals surface area contributed by atoms with E-state index in [2.05, 4.69) is 5.32 Å². The first-order valence-electron chi connectivity index (χ1n) is 5.06. The van der Waals surface area contributed by atoms with E-state index >= 15 is 0 Å². The molecule has 1 saturated carbocycles. The Kier molecular flexibility index (Phi) is 4.34. The predicted octanol–water partition coefficient (Wildman–Crippen LogP) is -0.0759. The van der Waals surface area contributed by atoms with Crippen LogP contribution in [0.2, 0.25) is 0 Å². The van der Waals surface area contributed by atoms with Gasteiger partial charge < -0.3 is 10.4 Å². The van der Waals surface area contributed by atoms with Crippen LogP contribution in [0, 0.1) is 0 Å². The average molecular weight is 221 g/mol. The maximum absolute atomic E-state index is 10.8. The van der Waals surface area contributed by atoms with E-state index in [4.69, 9.17) is 0 Å². The largest absolute Gasteiger partial charge is 0.393 e. The fourth-order valence-electron chi connectivity index (χ4n) is 1.73. The molecule has 0 aromatic heterocycles. The summed E-state index contributed by atoms with van der Waals surface area (Å²) in [5.74, 6) is 0.200. The summed E-state index contributed by atoms with van der Waals surface area (Å²) in [5, 5.41) is 12.5. The standard InChI is InChI=1S/C9H19NO3S/c1-14(12,13)7-6-10-8-2-4-9(11)5-3-8/h8-11H,2-7H2,1H3/t8-,9-. The van der Waals surface area contributed by atoms with Crippen LogP contribution in [0.3, 0.4) is 0 Å². The number of sulfone groups is 1. The van der Waals surface area contributed by atoms with Crippen molar-refractivity contribution in [1.29, 1.82) is 0 Å². The molecule has 0 saturated heterocycles. The first-order valence-corrected chi connectivity index (χ1v) is 7.12. The minimum absolute atomic E-state index is 0.150. The second-order valence-corrected chi connectivity index (χ2v) is 6.35. The highest BCUT2D eigenvalue weighted by Gasteiger charge is 2.18. The molecule has 0 bridgehead atoms. The van der Waals surface area contributed by atoms with Crippen molar-refractivity contribution in [2.75, 3.05) is 18.6 Å². The van der Waals surface area contributed by atoms with Gasteiger partial charge in [0.25, 0.3) is 0 Å². The van der Waals surface area contributed by atoms with E-state index in [1.54, 1.807) is 0 Å². The number of aliphatic hydroxyl groups is 1. The van der Waals surface area contributed by atoms with Crippen LogP contribution in [0.5, 0.6) is 0 Å². The number of rotatable bonds is 4. The number of hydrogen-bond donors (Lipinski definition) is 2. The third-order valence-corrected chi connectivity index (χ3v) is 3.55. The summed E-state index contributed by atoms with van der Waals surface area (Å²) in [7, 11) is -2.85. The van der Waals surface area contributed by atoms with Crippen LogP contribution in [0.25, 0.3) is 0 Å². The van der Waals surface area contributed by atoms with Gasteiger partial charge in [-0.15, -0.1) is 0 Å². The SMILES string of the molecule is CS(=O)(=O)CCN[C@H]1CC[C@H](O)CC1. The monoisotopic (exact) mass is 221 g/mol. The number of hydrogen-bond acceptors (Lipinski definition) is 4. The Labute approximate surface area is 85.6 Å². The van der Waals surface area contributed by atoms with Gasteiger partial charge in [0.15, 0.2) is 0 Å². The molecular formula is C9H19NO3S. The Morgan fingerprint density at radius 2 is 1.86 bits per heavy atom. The summed E-state index contributed by atoms with van der Waals surface area (Å²) >= 11 is 0. The summed E-state index contributed by atoms with van der Waals surface area (Å²) in [6.07, 6.45) is 4.66. The summed E-state index contributed by atoms with van der Waals surface area (Å²) in [6, 6.07) is 0.389. The van der Waals surface area contributed by atoms with Crippen molar-refractivity contribution in [3.63, 3.8) is 0 Å². The smallest absolute Gasteiger partial charge is 0.148 e. The van der Waals surface area contributed by atoms with E-state index < -0.39 is 9.84 Å². The Balaban J connectivity index is 2.14. The van der Waals surface area contributed by atoms with Crippen LogP contribution in [-0.2, 0) is 9.84 Å². The summed E-state index contributed by atoms with van der Waals surface area (Å²) < 4.78 is 21.7. The van der Waals surface area contributed by atoms with Gasteiger partial charge in [0, 0.05) is 18.8 Å². The minimum Gasteiger partial charge on any atom is -0.393 e. The van der Waals surface area contributed by atoms with Crippen molar-refractivity contribution >= 4 is 9.84 Å². The van der Waals surface area contributed by atoms with E-state index in [9.17, 15) is 13.5 Å². The van der Waals surface area contributed by atoms with Gasteiger partial charge in [0.1, 0.15) is 9.84 Å². The molecule has 0 aliphatic heterocycles. The Bertz CT molecular complexity index is 255. The fourth-order valence-corrected chi connectivity index (χ4v) is 2.22. The average Bonchev–Trinajstić information content (AvgIpc) is 2.06. The molecule has 1 fully saturated rings. The third kappa shape index (κ3) is 4.93. The van der Waals surface area contributed by atoms with E-state index in [0.29, 0.717) is 12.6 Å². The minimum atomic E-state index is -2.85. The second-order valence-electron chi connectivity index (χ2n) is 4.09. The highest BCUT2D eigenvalue weighted by atomic mass is 32.2. The molecular weight excluding hydrogens is 202 g/mol. The molecule has 0 aromatic carbocycles. The summed E-state index contributed by atoms with van der Waals surface area (Å²) in [6.45, 7) is 0.527. The van der Waals surface area contributed by atoms with Crippen LogP contribution in [0.4, 0.5) is 0 Å². The zero-order valence-corrected chi connectivity index (χ0v) is 9.39. The Morgan fingerprint density at radius 1 is 1.29 bits per heavy atom. The van der Waals surface area contributed by atoms with Crippen molar-refractivity contribution in [2.24, 2.45) is 0 Å². The lowest BCUT2D eigenvalue weighted by Gasteiger charge is -2.26. The maximum atomic E-state index is 10.8. The van der Waals surface area contributed by atoms with Gasteiger partial charge in [0.2, 0.25) is 0 Å². The summed E-state index contributed by atoms with van der Waals surface area (Å²) in [5.41, 5.74) is 0. The number of nitrogens with one attached hydrogen (secondary N) is 1. The molecule has 5 heteroatoms. The molecule has 84 valence electrons. The lowest BCUT2D eigenvalue weighted by Crippen LogP contribution is -2.37. The van der Waals surface area contributed by atoms with E-state index in [1.807, 2.05) is 0 Å². The van der Waals surface area contributed by atoms with Crippen LogP contribution in [0.15, 0.2) is 0 Å². The van der Waals surface area contributed by atoms with Crippen molar-refractivity contribution in [3.05, 3.63) is 0 Å². The second kappa shape index (κ2) is 5.09. The Hall–Kier alpha value is -0.130. The fraction of sp³-hybridized carbons (Fsp3) is 1.00. The molecule has 0 aromatic rings. The molecule has 1 rings (SSSR count). The molecule has 0 heterocycles. The zero-order chi connectivity index (χ0) is 10.6. The third-order valence-electron chi connectivity index (χ3n) is 2.60. The maximum Gasteiger partial charge on any atom is 0.148 e. The van der Waals surface area contributed by atoms with Gasteiger partial charge in [-0.1, -0.05) is 0 Å². The quantitative estimate of drug-likeness (QED) is 0.697. The molecule has 14 heavy (non-hydrogen) atoms. The molecule has 0 amide bonds. The van der Waals surface area contributed by atoms with Gasteiger partial charge in [-0.05, 0) is 25.7 Å². The van der Waals surface area contributed by atoms with Gasteiger partial charge in [0.05, 0.1) is 11.9 Å². The predicted molar refractivity (Wildman–Crippen MR) is 56.0 cm³/mol. The van der Waals surface area contributed by atoms with E-state index in [-0.39, 0.29) is 11.9 Å². The van der Waals surface area contributed by atoms with Crippen molar-refractivity contribution < 1.29 is 13.5 Å². The normalized spacial score (nSPS) is 29.0. The lowest BCUT2D eigenvalue weighted by atomic mass is 9.93. The van der Waals surface area contributed by atoms with E-state index in [0.717, 1.165) is 25.7 Å². The first-order chi connectivity index (χ1) is 6.47. The highest BCUT2D eigenvalue weighted by molar-refractivity contribution is 7.90. The van der Waals surface area contributed by atoms with Gasteiger partial charge in [-0.3, -0.25) is 0 Å². The summed E-state index contributed by atoms with van der Waals surface area (Å²) in [4.78, 5) is 0. The van der Waals surface area contributed by atoms with Gasteiger partial charge >= 0.3 is 0 Å². The van der Waals surface area contributed by atoms with Gasteiger partial charge in [-0.25, -0.2) is 8.42 Å². The molecule has 1 aliphatic carbocycles. The molecule has 4 nitrogen and oxygen atoms in total.